The Hall–Kier alpha value is -1.60. The Labute approximate surface area is 82.3 Å². The van der Waals surface area contributed by atoms with E-state index in [0.29, 0.717) is 12.0 Å². The number of nitriles is 1. The molecule has 0 heterocycles. The summed E-state index contributed by atoms with van der Waals surface area (Å²) in [5, 5.41) is 17.3. The Morgan fingerprint density at radius 3 is 3.07 bits per heavy atom. The van der Waals surface area contributed by atoms with Gasteiger partial charge in [0, 0.05) is 5.57 Å². The van der Waals surface area contributed by atoms with E-state index in [1.165, 1.54) is 0 Å². The van der Waals surface area contributed by atoms with E-state index in [9.17, 15) is 4.79 Å². The summed E-state index contributed by atoms with van der Waals surface area (Å²) in [6, 6.07) is 1.19. The van der Waals surface area contributed by atoms with Crippen molar-refractivity contribution in [2.24, 2.45) is 5.73 Å². The van der Waals surface area contributed by atoms with Crippen molar-refractivity contribution >= 4 is 5.97 Å². The molecule has 3 N–H and O–H groups in total. The largest absolute Gasteiger partial charge is 0.480 e. The first-order valence-electron chi connectivity index (χ1n) is 4.41. The molecule has 0 radical (unpaired) electrons. The molecule has 1 rings (SSSR count). The van der Waals surface area contributed by atoms with Crippen LogP contribution in [0.25, 0.3) is 0 Å². The lowest BCUT2D eigenvalue weighted by molar-refractivity contribution is -0.138. The lowest BCUT2D eigenvalue weighted by Gasteiger charge is -2.11. The third-order valence-corrected chi connectivity index (χ3v) is 2.10. The van der Waals surface area contributed by atoms with Crippen LogP contribution >= 0.6 is 0 Å². The van der Waals surface area contributed by atoms with Crippen molar-refractivity contribution in [2.45, 2.75) is 25.3 Å². The molecule has 0 amide bonds. The summed E-state index contributed by atoms with van der Waals surface area (Å²) in [4.78, 5) is 10.5. The number of carboxylic acid groups (broad SMARTS) is 1. The van der Waals surface area contributed by atoms with Crippen molar-refractivity contribution in [2.75, 3.05) is 0 Å². The molecule has 0 saturated heterocycles. The summed E-state index contributed by atoms with van der Waals surface area (Å²) >= 11 is 0. The molecule has 1 aliphatic carbocycles. The molecule has 74 valence electrons. The lowest BCUT2D eigenvalue weighted by Crippen LogP contribution is -2.30. The number of carbonyl (C=O) groups is 1. The molecule has 0 aliphatic heterocycles. The molecule has 0 aromatic heterocycles. The number of nitrogens with two attached hydrogens (primary N) is 1. The average Bonchev–Trinajstić information content (AvgIpc) is 2.18. The third kappa shape index (κ3) is 2.71. The van der Waals surface area contributed by atoms with Crippen LogP contribution in [-0.2, 0) is 4.79 Å². The van der Waals surface area contributed by atoms with Gasteiger partial charge < -0.3 is 10.8 Å². The maximum absolute atomic E-state index is 10.5. The normalized spacial score (nSPS) is 17.7. The van der Waals surface area contributed by atoms with E-state index in [-0.39, 0.29) is 0 Å². The molecule has 0 unspecified atom stereocenters. The van der Waals surface area contributed by atoms with Crippen molar-refractivity contribution in [3.8, 4) is 6.07 Å². The second-order valence-corrected chi connectivity index (χ2v) is 3.25. The summed E-state index contributed by atoms with van der Waals surface area (Å²) < 4.78 is 0. The number of aliphatic carboxylic acids is 1. The standard InChI is InChI=1S/C10H12N2O2/c11-6-8-3-1-2-7(4-8)5-9(12)10(13)14/h2,4,9H,1,3,5,12H2,(H,13,14)/t9-/m0/s1. The molecule has 1 aliphatic rings. The van der Waals surface area contributed by atoms with Gasteiger partial charge in [0.1, 0.15) is 6.04 Å². The highest BCUT2D eigenvalue weighted by Crippen LogP contribution is 2.19. The Kier molecular flexibility index (Phi) is 3.43. The highest BCUT2D eigenvalue weighted by molar-refractivity contribution is 5.73. The van der Waals surface area contributed by atoms with E-state index in [1.807, 2.05) is 6.08 Å². The van der Waals surface area contributed by atoms with Crippen LogP contribution in [0.15, 0.2) is 23.3 Å². The number of allylic oxidation sites excluding steroid dienone is 3. The summed E-state index contributed by atoms with van der Waals surface area (Å²) in [7, 11) is 0. The van der Waals surface area contributed by atoms with Gasteiger partial charge in [-0.1, -0.05) is 6.08 Å². The lowest BCUT2D eigenvalue weighted by atomic mass is 9.96. The van der Waals surface area contributed by atoms with Gasteiger partial charge >= 0.3 is 5.97 Å². The minimum absolute atomic E-state index is 0.292. The van der Waals surface area contributed by atoms with Crippen LogP contribution in [0.3, 0.4) is 0 Å². The fourth-order valence-corrected chi connectivity index (χ4v) is 1.34. The van der Waals surface area contributed by atoms with E-state index in [2.05, 4.69) is 6.07 Å². The quantitative estimate of drug-likeness (QED) is 0.697. The van der Waals surface area contributed by atoms with Gasteiger partial charge in [-0.25, -0.2) is 0 Å². The molecule has 0 aromatic carbocycles. The monoisotopic (exact) mass is 192 g/mol. The molecular weight excluding hydrogens is 180 g/mol. The van der Waals surface area contributed by atoms with Gasteiger partial charge in [0.15, 0.2) is 0 Å². The molecule has 1 atom stereocenters. The third-order valence-electron chi connectivity index (χ3n) is 2.10. The maximum Gasteiger partial charge on any atom is 0.320 e. The van der Waals surface area contributed by atoms with Crippen LogP contribution in [0, 0.1) is 11.3 Å². The first-order chi connectivity index (χ1) is 6.63. The average molecular weight is 192 g/mol. The maximum atomic E-state index is 10.5. The Bertz CT molecular complexity index is 337. The molecular formula is C10H12N2O2. The van der Waals surface area contributed by atoms with Gasteiger partial charge in [-0.3, -0.25) is 4.79 Å². The molecule has 0 saturated carbocycles. The number of hydrogen-bond donors (Lipinski definition) is 2. The fourth-order valence-electron chi connectivity index (χ4n) is 1.34. The van der Waals surface area contributed by atoms with Crippen LogP contribution in [0.2, 0.25) is 0 Å². The van der Waals surface area contributed by atoms with Crippen molar-refractivity contribution in [1.82, 2.24) is 0 Å². The first kappa shape index (κ1) is 10.5. The van der Waals surface area contributed by atoms with Gasteiger partial charge in [0.2, 0.25) is 0 Å². The molecule has 14 heavy (non-hydrogen) atoms. The highest BCUT2D eigenvalue weighted by Gasteiger charge is 2.14. The molecule has 0 bridgehead atoms. The predicted molar refractivity (Wildman–Crippen MR) is 51.2 cm³/mol. The molecule has 0 fully saturated rings. The van der Waals surface area contributed by atoms with Crippen LogP contribution < -0.4 is 5.73 Å². The Morgan fingerprint density at radius 2 is 2.50 bits per heavy atom. The van der Waals surface area contributed by atoms with Crippen LogP contribution in [-0.4, -0.2) is 17.1 Å². The zero-order valence-corrected chi connectivity index (χ0v) is 7.73. The first-order valence-corrected chi connectivity index (χ1v) is 4.41. The second-order valence-electron chi connectivity index (χ2n) is 3.25. The summed E-state index contributed by atoms with van der Waals surface area (Å²) in [5.74, 6) is -1.01. The topological polar surface area (TPSA) is 87.1 Å². The van der Waals surface area contributed by atoms with Gasteiger partial charge in [-0.05, 0) is 30.9 Å². The van der Waals surface area contributed by atoms with E-state index in [4.69, 9.17) is 16.1 Å². The Balaban J connectivity index is 2.63. The zero-order valence-electron chi connectivity index (χ0n) is 7.73. The van der Waals surface area contributed by atoms with Gasteiger partial charge in [0.05, 0.1) is 6.07 Å². The molecule has 0 aromatic rings. The second kappa shape index (κ2) is 4.58. The zero-order chi connectivity index (χ0) is 10.6. The van der Waals surface area contributed by atoms with E-state index >= 15 is 0 Å². The summed E-state index contributed by atoms with van der Waals surface area (Å²) in [5.41, 5.74) is 6.93. The van der Waals surface area contributed by atoms with Crippen molar-refractivity contribution in [1.29, 1.82) is 5.26 Å². The van der Waals surface area contributed by atoms with Gasteiger partial charge in [-0.15, -0.1) is 0 Å². The number of nitrogens with zero attached hydrogens (tertiary/aromatic N) is 1. The molecule has 4 heteroatoms. The van der Waals surface area contributed by atoms with Crippen molar-refractivity contribution in [3.63, 3.8) is 0 Å². The minimum Gasteiger partial charge on any atom is -0.480 e. The Morgan fingerprint density at radius 1 is 1.79 bits per heavy atom. The smallest absolute Gasteiger partial charge is 0.320 e. The predicted octanol–water partition coefficient (Wildman–Crippen LogP) is 0.959. The molecule has 4 nitrogen and oxygen atoms in total. The SMILES string of the molecule is N#CC1=CC(C[C@H](N)C(=O)O)=CCC1. The van der Waals surface area contributed by atoms with Crippen molar-refractivity contribution in [3.05, 3.63) is 23.3 Å². The minimum atomic E-state index is -1.01. The van der Waals surface area contributed by atoms with Crippen LogP contribution in [0.4, 0.5) is 0 Å². The van der Waals surface area contributed by atoms with E-state index < -0.39 is 12.0 Å². The number of rotatable bonds is 3. The van der Waals surface area contributed by atoms with Gasteiger partial charge in [-0.2, -0.15) is 5.26 Å². The van der Waals surface area contributed by atoms with Crippen LogP contribution in [0.5, 0.6) is 0 Å². The number of carboxylic acids is 1. The van der Waals surface area contributed by atoms with Crippen LogP contribution in [0.1, 0.15) is 19.3 Å². The fraction of sp³-hybridized carbons (Fsp3) is 0.400. The highest BCUT2D eigenvalue weighted by atomic mass is 16.4. The van der Waals surface area contributed by atoms with Gasteiger partial charge in [0.25, 0.3) is 0 Å². The van der Waals surface area contributed by atoms with Crippen molar-refractivity contribution < 1.29 is 9.90 Å². The van der Waals surface area contributed by atoms with E-state index in [0.717, 1.165) is 18.4 Å². The summed E-state index contributed by atoms with van der Waals surface area (Å²) in [6.45, 7) is 0. The number of hydrogen-bond acceptors (Lipinski definition) is 3. The molecule has 0 spiro atoms. The summed E-state index contributed by atoms with van der Waals surface area (Å²) in [6.07, 6.45) is 5.49. The van der Waals surface area contributed by atoms with E-state index in [1.54, 1.807) is 6.08 Å².